The lowest BCUT2D eigenvalue weighted by Crippen LogP contribution is -2.41. The molecule has 2 aliphatic rings. The average molecular weight is 619 g/mol. The van der Waals surface area contributed by atoms with Crippen LogP contribution in [0, 0.1) is 0 Å². The first kappa shape index (κ1) is 28.2. The molecule has 1 amide bonds. The predicted octanol–water partition coefficient (Wildman–Crippen LogP) is 5.41. The number of thiazole rings is 1. The van der Waals surface area contributed by atoms with Crippen molar-refractivity contribution in [2.75, 3.05) is 4.90 Å². The summed E-state index contributed by atoms with van der Waals surface area (Å²) in [6.45, 7) is 5.57. The molecule has 0 aliphatic carbocycles. The Bertz CT molecular complexity index is 1960. The van der Waals surface area contributed by atoms with E-state index in [4.69, 9.17) is 27.9 Å². The summed E-state index contributed by atoms with van der Waals surface area (Å²) >= 11 is 13.4. The van der Waals surface area contributed by atoms with E-state index in [-0.39, 0.29) is 22.1 Å². The second-order valence-corrected chi connectivity index (χ2v) is 12.2. The van der Waals surface area contributed by atoms with E-state index >= 15 is 0 Å². The SMILES string of the molecule is CC1=C(C(=O)OC(C)C)[C@@H](c2ccc(Cl)cc2)n2c(s/c(=C3/C(=O)N(Cc4ccc(Cl)cc4)c4ccccc43)c2=O)=N1. The van der Waals surface area contributed by atoms with Gasteiger partial charge < -0.3 is 9.64 Å². The minimum absolute atomic E-state index is 0.259. The second kappa shape index (κ2) is 11.0. The molecule has 1 atom stereocenters. The number of nitrogens with zero attached hydrogens (tertiary/aromatic N) is 3. The molecule has 4 aromatic rings. The van der Waals surface area contributed by atoms with Crippen molar-refractivity contribution in [2.24, 2.45) is 4.99 Å². The first-order valence-electron chi connectivity index (χ1n) is 13.3. The number of fused-ring (bicyclic) bond motifs is 2. The highest BCUT2D eigenvalue weighted by molar-refractivity contribution is 7.07. The number of anilines is 1. The third kappa shape index (κ3) is 4.89. The van der Waals surface area contributed by atoms with E-state index in [2.05, 4.69) is 4.99 Å². The van der Waals surface area contributed by atoms with E-state index in [1.54, 1.807) is 62.1 Å². The molecule has 10 heteroatoms. The molecule has 6 rings (SSSR count). The van der Waals surface area contributed by atoms with Crippen LogP contribution in [0.25, 0.3) is 5.57 Å². The first-order valence-corrected chi connectivity index (χ1v) is 14.9. The van der Waals surface area contributed by atoms with Crippen molar-refractivity contribution in [3.8, 4) is 0 Å². The van der Waals surface area contributed by atoms with Crippen molar-refractivity contribution >= 4 is 57.7 Å². The molecule has 0 fully saturated rings. The van der Waals surface area contributed by atoms with Crippen LogP contribution >= 0.6 is 34.5 Å². The lowest BCUT2D eigenvalue weighted by atomic mass is 9.96. The molecule has 0 radical (unpaired) electrons. The molecular weight excluding hydrogens is 593 g/mol. The number of allylic oxidation sites excluding steroid dienone is 1. The number of carbonyl (C=O) groups is 2. The van der Waals surface area contributed by atoms with Crippen LogP contribution < -0.4 is 19.8 Å². The van der Waals surface area contributed by atoms with Gasteiger partial charge in [-0.1, -0.05) is 77.0 Å². The molecule has 3 aromatic carbocycles. The molecule has 212 valence electrons. The van der Waals surface area contributed by atoms with Crippen LogP contribution in [0.15, 0.2) is 93.9 Å². The number of rotatable bonds is 5. The smallest absolute Gasteiger partial charge is 0.338 e. The third-order valence-corrected chi connectivity index (χ3v) is 8.71. The molecule has 1 aromatic heterocycles. The van der Waals surface area contributed by atoms with Crippen LogP contribution in [0.2, 0.25) is 10.0 Å². The number of aromatic nitrogens is 1. The summed E-state index contributed by atoms with van der Waals surface area (Å²) in [4.78, 5) is 48.4. The van der Waals surface area contributed by atoms with E-state index in [0.717, 1.165) is 16.9 Å². The van der Waals surface area contributed by atoms with Gasteiger partial charge in [0.2, 0.25) is 0 Å². The first-order chi connectivity index (χ1) is 20.1. The Balaban J connectivity index is 1.56. The molecule has 0 N–H and O–H groups in total. The van der Waals surface area contributed by atoms with Gasteiger partial charge in [0, 0.05) is 15.6 Å². The molecule has 3 heterocycles. The van der Waals surface area contributed by atoms with E-state index in [0.29, 0.717) is 49.5 Å². The average Bonchev–Trinajstić information content (AvgIpc) is 3.41. The molecule has 7 nitrogen and oxygen atoms in total. The molecule has 42 heavy (non-hydrogen) atoms. The van der Waals surface area contributed by atoms with Crippen molar-refractivity contribution < 1.29 is 14.3 Å². The topological polar surface area (TPSA) is 81.0 Å². The summed E-state index contributed by atoms with van der Waals surface area (Å²) in [5.74, 6) is -0.838. The largest absolute Gasteiger partial charge is 0.459 e. The van der Waals surface area contributed by atoms with Gasteiger partial charge in [-0.2, -0.15) is 0 Å². The lowest BCUT2D eigenvalue weighted by molar-refractivity contribution is -0.143. The number of amides is 1. The van der Waals surface area contributed by atoms with Gasteiger partial charge in [-0.3, -0.25) is 14.2 Å². The van der Waals surface area contributed by atoms with Gasteiger partial charge >= 0.3 is 5.97 Å². The quantitative estimate of drug-likeness (QED) is 0.280. The van der Waals surface area contributed by atoms with Crippen LogP contribution in [0.5, 0.6) is 0 Å². The van der Waals surface area contributed by atoms with Crippen molar-refractivity contribution in [1.82, 2.24) is 4.57 Å². The normalized spacial score (nSPS) is 17.3. The Morgan fingerprint density at radius 1 is 0.976 bits per heavy atom. The third-order valence-electron chi connectivity index (χ3n) is 7.15. The van der Waals surface area contributed by atoms with Gasteiger partial charge in [-0.25, -0.2) is 9.79 Å². The number of hydrogen-bond donors (Lipinski definition) is 0. The zero-order chi connectivity index (χ0) is 29.7. The molecule has 0 bridgehead atoms. The maximum Gasteiger partial charge on any atom is 0.338 e. The fourth-order valence-corrected chi connectivity index (χ4v) is 6.69. The Kier molecular flexibility index (Phi) is 7.39. The Labute approximate surface area is 255 Å². The number of hydrogen-bond acceptors (Lipinski definition) is 6. The Hall–Kier alpha value is -3.98. The van der Waals surface area contributed by atoms with Crippen LogP contribution in [0.4, 0.5) is 5.69 Å². The fraction of sp³-hybridized carbons (Fsp3) is 0.188. The van der Waals surface area contributed by atoms with Gasteiger partial charge in [0.25, 0.3) is 11.5 Å². The van der Waals surface area contributed by atoms with Gasteiger partial charge in [0.15, 0.2) is 4.80 Å². The number of halogens is 2. The van der Waals surface area contributed by atoms with Crippen molar-refractivity contribution in [3.05, 3.63) is 130 Å². The number of carbonyl (C=O) groups excluding carboxylic acids is 2. The molecule has 2 aliphatic heterocycles. The van der Waals surface area contributed by atoms with Crippen LogP contribution in [0.1, 0.15) is 43.5 Å². The van der Waals surface area contributed by atoms with E-state index in [9.17, 15) is 14.4 Å². The van der Waals surface area contributed by atoms with Gasteiger partial charge in [-0.15, -0.1) is 0 Å². The molecular formula is C32H25Cl2N3O4S. The summed E-state index contributed by atoms with van der Waals surface area (Å²) in [5.41, 5.74) is 3.56. The van der Waals surface area contributed by atoms with Gasteiger partial charge in [0.1, 0.15) is 4.53 Å². The fourth-order valence-electron chi connectivity index (χ4n) is 5.30. The summed E-state index contributed by atoms with van der Waals surface area (Å²) in [7, 11) is 0. The second-order valence-electron chi connectivity index (χ2n) is 10.3. The minimum atomic E-state index is -0.809. The predicted molar refractivity (Wildman–Crippen MR) is 164 cm³/mol. The van der Waals surface area contributed by atoms with Crippen molar-refractivity contribution in [2.45, 2.75) is 39.5 Å². The zero-order valence-corrected chi connectivity index (χ0v) is 25.3. The standard InChI is InChI=1S/C32H25Cl2N3O4S/c1-17(2)41-31(40)25-18(3)35-32-37(27(25)20-10-14-22(34)15-11-20)30(39)28(42-32)26-23-6-4-5-7-24(23)36(29(26)38)16-19-8-12-21(33)13-9-19/h4-15,17,27H,16H2,1-3H3/b28-26+/t27-/m1/s1. The summed E-state index contributed by atoms with van der Waals surface area (Å²) in [6, 6.07) is 20.9. The summed E-state index contributed by atoms with van der Waals surface area (Å²) < 4.78 is 7.31. The highest BCUT2D eigenvalue weighted by atomic mass is 35.5. The van der Waals surface area contributed by atoms with Crippen LogP contribution in [0.3, 0.4) is 0 Å². The minimum Gasteiger partial charge on any atom is -0.459 e. The van der Waals surface area contributed by atoms with Gasteiger partial charge in [-0.05, 0) is 62.2 Å². The highest BCUT2D eigenvalue weighted by Gasteiger charge is 2.37. The molecule has 0 saturated carbocycles. The maximum absolute atomic E-state index is 14.3. The van der Waals surface area contributed by atoms with E-state index < -0.39 is 17.6 Å². The van der Waals surface area contributed by atoms with Crippen molar-refractivity contribution in [3.63, 3.8) is 0 Å². The summed E-state index contributed by atoms with van der Waals surface area (Å²) in [6.07, 6.45) is -0.366. The van der Waals surface area contributed by atoms with Crippen LogP contribution in [-0.4, -0.2) is 22.5 Å². The Morgan fingerprint density at radius 2 is 1.62 bits per heavy atom. The number of para-hydroxylation sites is 1. The monoisotopic (exact) mass is 617 g/mol. The highest BCUT2D eigenvalue weighted by Crippen LogP contribution is 2.37. The van der Waals surface area contributed by atoms with E-state index in [1.807, 2.05) is 36.4 Å². The van der Waals surface area contributed by atoms with Crippen LogP contribution in [-0.2, 0) is 20.9 Å². The lowest BCUT2D eigenvalue weighted by Gasteiger charge is -2.25. The van der Waals surface area contributed by atoms with Crippen molar-refractivity contribution in [1.29, 1.82) is 0 Å². The molecule has 0 unspecified atom stereocenters. The number of benzene rings is 3. The number of ether oxygens (including phenoxy) is 1. The molecule has 0 saturated heterocycles. The Morgan fingerprint density at radius 3 is 2.29 bits per heavy atom. The van der Waals surface area contributed by atoms with E-state index in [1.165, 1.54) is 4.57 Å². The number of esters is 1. The maximum atomic E-state index is 14.3. The van der Waals surface area contributed by atoms with Gasteiger partial charge in [0.05, 0.1) is 41.2 Å². The zero-order valence-electron chi connectivity index (χ0n) is 22.9. The molecule has 0 spiro atoms. The summed E-state index contributed by atoms with van der Waals surface area (Å²) in [5, 5.41) is 1.13.